The van der Waals surface area contributed by atoms with E-state index in [1.165, 1.54) is 23.5 Å². The van der Waals surface area contributed by atoms with Gasteiger partial charge in [0.1, 0.15) is 11.5 Å². The van der Waals surface area contributed by atoms with E-state index in [0.717, 1.165) is 18.4 Å². The summed E-state index contributed by atoms with van der Waals surface area (Å²) in [6.45, 7) is 0.574. The summed E-state index contributed by atoms with van der Waals surface area (Å²) in [6, 6.07) is 20.4. The summed E-state index contributed by atoms with van der Waals surface area (Å²) in [7, 11) is 0.874. The molecule has 0 saturated carbocycles. The van der Waals surface area contributed by atoms with Crippen molar-refractivity contribution in [2.24, 2.45) is 0 Å². The Bertz CT molecular complexity index is 1280. The van der Waals surface area contributed by atoms with Crippen LogP contribution in [0.2, 0.25) is 0 Å². The number of carbonyl (C=O) groups is 1. The average Bonchev–Trinajstić information content (AvgIpc) is 3.37. The van der Waals surface area contributed by atoms with E-state index >= 15 is 0 Å². The van der Waals surface area contributed by atoms with Crippen molar-refractivity contribution in [3.63, 3.8) is 0 Å². The van der Waals surface area contributed by atoms with E-state index in [-0.39, 0.29) is 16.8 Å². The third kappa shape index (κ3) is 4.46. The van der Waals surface area contributed by atoms with Crippen molar-refractivity contribution >= 4 is 21.6 Å². The maximum Gasteiger partial charge on any atom is 0.264 e. The Morgan fingerprint density at radius 3 is 2.44 bits per heavy atom. The fourth-order valence-electron chi connectivity index (χ4n) is 4.32. The van der Waals surface area contributed by atoms with E-state index < -0.39 is 10.0 Å². The number of ether oxygens (including phenoxy) is 2. The quantitative estimate of drug-likeness (QED) is 0.498. The maximum absolute atomic E-state index is 13.5. The van der Waals surface area contributed by atoms with E-state index in [0.29, 0.717) is 29.3 Å². The van der Waals surface area contributed by atoms with E-state index in [4.69, 9.17) is 9.47 Å². The van der Waals surface area contributed by atoms with Gasteiger partial charge in [-0.2, -0.15) is 0 Å². The first-order chi connectivity index (χ1) is 16.4. The molecule has 1 aliphatic heterocycles. The first kappa shape index (κ1) is 23.6. The van der Waals surface area contributed by atoms with Gasteiger partial charge in [0, 0.05) is 24.7 Å². The predicted octanol–water partition coefficient (Wildman–Crippen LogP) is 4.51. The lowest BCUT2D eigenvalue weighted by Gasteiger charge is -2.27. The van der Waals surface area contributed by atoms with Crippen LogP contribution in [0.3, 0.4) is 0 Å². The highest BCUT2D eigenvalue weighted by Crippen LogP contribution is 2.39. The van der Waals surface area contributed by atoms with E-state index in [1.807, 2.05) is 24.3 Å². The number of para-hydroxylation sites is 1. The van der Waals surface area contributed by atoms with Crippen LogP contribution in [-0.2, 0) is 10.0 Å². The molecule has 1 saturated heterocycles. The molecule has 1 amide bonds. The van der Waals surface area contributed by atoms with Gasteiger partial charge < -0.3 is 14.4 Å². The molecule has 3 aromatic rings. The summed E-state index contributed by atoms with van der Waals surface area (Å²) in [4.78, 5) is 15.4. The number of nitrogens with zero attached hydrogens (tertiary/aromatic N) is 2. The smallest absolute Gasteiger partial charge is 0.264 e. The van der Waals surface area contributed by atoms with Gasteiger partial charge in [0.25, 0.3) is 15.9 Å². The molecule has 178 valence electrons. The molecular weight excluding hydrogens is 452 g/mol. The number of amides is 1. The SMILES string of the molecule is COc1ccc(OC)c([C@H]2CCCN2C(=O)c2cccc(S(=O)(=O)N(C)c3ccccc3)c2)c1. The Morgan fingerprint density at radius 1 is 0.971 bits per heavy atom. The number of hydrogen-bond donors (Lipinski definition) is 0. The zero-order chi connectivity index (χ0) is 24.3. The molecule has 1 atom stereocenters. The Kier molecular flexibility index (Phi) is 6.79. The fourth-order valence-corrected chi connectivity index (χ4v) is 5.57. The summed E-state index contributed by atoms with van der Waals surface area (Å²) in [5.41, 5.74) is 1.75. The fraction of sp³-hybridized carbons (Fsp3) is 0.269. The average molecular weight is 481 g/mol. The molecule has 34 heavy (non-hydrogen) atoms. The summed E-state index contributed by atoms with van der Waals surface area (Å²) in [5, 5.41) is 0. The lowest BCUT2D eigenvalue weighted by Crippen LogP contribution is -2.31. The standard InChI is InChI=1S/C26H28N2O5S/c1-27(20-10-5-4-6-11-20)34(30,31)22-12-7-9-19(17-22)26(29)28-16-8-13-24(28)23-18-21(32-2)14-15-25(23)33-3/h4-7,9-12,14-15,17-18,24H,8,13,16H2,1-3H3/t24-/m1/s1. The van der Waals surface area contributed by atoms with Crippen LogP contribution in [0.4, 0.5) is 5.69 Å². The molecule has 0 aliphatic carbocycles. The van der Waals surface area contributed by atoms with Crippen LogP contribution < -0.4 is 13.8 Å². The van der Waals surface area contributed by atoms with Crippen molar-refractivity contribution in [2.45, 2.75) is 23.8 Å². The molecule has 0 unspecified atom stereocenters. The van der Waals surface area contributed by atoms with Crippen molar-refractivity contribution in [2.75, 3.05) is 32.1 Å². The molecule has 7 nitrogen and oxygen atoms in total. The van der Waals surface area contributed by atoms with Crippen LogP contribution in [0.5, 0.6) is 11.5 Å². The van der Waals surface area contributed by atoms with Gasteiger partial charge in [-0.25, -0.2) is 8.42 Å². The molecular formula is C26H28N2O5S. The number of carbonyl (C=O) groups excluding carboxylic acids is 1. The second kappa shape index (κ2) is 9.77. The number of methoxy groups -OCH3 is 2. The lowest BCUT2D eigenvalue weighted by molar-refractivity contribution is 0.0733. The van der Waals surface area contributed by atoms with Crippen molar-refractivity contribution in [1.82, 2.24) is 4.90 Å². The van der Waals surface area contributed by atoms with Crippen LogP contribution in [0, 0.1) is 0 Å². The van der Waals surface area contributed by atoms with Crippen LogP contribution >= 0.6 is 0 Å². The first-order valence-electron chi connectivity index (χ1n) is 11.0. The second-order valence-corrected chi connectivity index (χ2v) is 10.1. The van der Waals surface area contributed by atoms with Gasteiger partial charge in [-0.05, 0) is 61.4 Å². The molecule has 0 bridgehead atoms. The Hall–Kier alpha value is -3.52. The normalized spacial score (nSPS) is 15.7. The van der Waals surface area contributed by atoms with Crippen LogP contribution in [-0.4, -0.2) is 47.0 Å². The summed E-state index contributed by atoms with van der Waals surface area (Å²) >= 11 is 0. The van der Waals surface area contributed by atoms with Crippen molar-refractivity contribution in [3.8, 4) is 11.5 Å². The van der Waals surface area contributed by atoms with Gasteiger partial charge in [-0.15, -0.1) is 0 Å². The van der Waals surface area contributed by atoms with Crippen molar-refractivity contribution in [3.05, 3.63) is 83.9 Å². The van der Waals surface area contributed by atoms with Crippen LogP contribution in [0.15, 0.2) is 77.7 Å². The molecule has 0 radical (unpaired) electrons. The molecule has 3 aromatic carbocycles. The van der Waals surface area contributed by atoms with Crippen LogP contribution in [0.25, 0.3) is 0 Å². The second-order valence-electron chi connectivity index (χ2n) is 8.10. The Labute approximate surface area is 200 Å². The van der Waals surface area contributed by atoms with E-state index in [2.05, 4.69) is 0 Å². The van der Waals surface area contributed by atoms with Gasteiger partial charge in [-0.1, -0.05) is 24.3 Å². The number of sulfonamides is 1. The van der Waals surface area contributed by atoms with Crippen molar-refractivity contribution in [1.29, 1.82) is 0 Å². The van der Waals surface area contributed by atoms with Gasteiger partial charge in [0.05, 0.1) is 30.8 Å². The zero-order valence-corrected chi connectivity index (χ0v) is 20.3. The van der Waals surface area contributed by atoms with Gasteiger partial charge >= 0.3 is 0 Å². The molecule has 0 aromatic heterocycles. The van der Waals surface area contributed by atoms with E-state index in [1.54, 1.807) is 55.5 Å². The molecule has 0 spiro atoms. The molecule has 1 fully saturated rings. The highest BCUT2D eigenvalue weighted by atomic mass is 32.2. The first-order valence-corrected chi connectivity index (χ1v) is 12.5. The number of benzene rings is 3. The molecule has 4 rings (SSSR count). The monoisotopic (exact) mass is 480 g/mol. The Balaban J connectivity index is 1.65. The molecule has 8 heteroatoms. The predicted molar refractivity (Wildman–Crippen MR) is 131 cm³/mol. The summed E-state index contributed by atoms with van der Waals surface area (Å²) in [5.74, 6) is 1.16. The largest absolute Gasteiger partial charge is 0.497 e. The minimum absolute atomic E-state index is 0.0689. The highest BCUT2D eigenvalue weighted by Gasteiger charge is 2.33. The minimum atomic E-state index is -3.83. The topological polar surface area (TPSA) is 76.1 Å². The zero-order valence-electron chi connectivity index (χ0n) is 19.5. The van der Waals surface area contributed by atoms with Gasteiger partial charge in [0.2, 0.25) is 0 Å². The van der Waals surface area contributed by atoms with Gasteiger partial charge in [-0.3, -0.25) is 9.10 Å². The molecule has 1 aliphatic rings. The number of hydrogen-bond acceptors (Lipinski definition) is 5. The number of anilines is 1. The lowest BCUT2D eigenvalue weighted by atomic mass is 10.0. The van der Waals surface area contributed by atoms with Gasteiger partial charge in [0.15, 0.2) is 0 Å². The summed E-state index contributed by atoms with van der Waals surface area (Å²) in [6.07, 6.45) is 1.62. The maximum atomic E-state index is 13.5. The number of likely N-dealkylation sites (tertiary alicyclic amines) is 1. The molecule has 0 N–H and O–H groups in total. The highest BCUT2D eigenvalue weighted by molar-refractivity contribution is 7.92. The van der Waals surface area contributed by atoms with Crippen molar-refractivity contribution < 1.29 is 22.7 Å². The Morgan fingerprint density at radius 2 is 1.74 bits per heavy atom. The summed E-state index contributed by atoms with van der Waals surface area (Å²) < 4.78 is 38.6. The third-order valence-electron chi connectivity index (χ3n) is 6.17. The third-order valence-corrected chi connectivity index (χ3v) is 7.95. The molecule has 1 heterocycles. The minimum Gasteiger partial charge on any atom is -0.497 e. The van der Waals surface area contributed by atoms with E-state index in [9.17, 15) is 13.2 Å². The number of rotatable bonds is 7. The van der Waals surface area contributed by atoms with Crippen LogP contribution in [0.1, 0.15) is 34.8 Å².